The first-order valence-corrected chi connectivity index (χ1v) is 6.98. The lowest BCUT2D eigenvalue weighted by atomic mass is 10.1. The van der Waals surface area contributed by atoms with Crippen LogP contribution < -0.4 is 4.74 Å². The van der Waals surface area contributed by atoms with Gasteiger partial charge >= 0.3 is 0 Å². The highest BCUT2D eigenvalue weighted by atomic mass is 32.1. The Kier molecular flexibility index (Phi) is 3.52. The summed E-state index contributed by atoms with van der Waals surface area (Å²) >= 11 is 5.23. The minimum atomic E-state index is 0.587. The maximum atomic E-state index is 5.67. The number of rotatable bonds is 4. The average Bonchev–Trinajstić information content (AvgIpc) is 2.90. The van der Waals surface area contributed by atoms with E-state index in [2.05, 4.69) is 35.3 Å². The second-order valence-corrected chi connectivity index (χ2v) is 4.93. The molecule has 1 N–H and O–H groups in total. The Bertz CT molecular complexity index is 791. The van der Waals surface area contributed by atoms with Crippen LogP contribution in [0.5, 0.6) is 5.75 Å². The third-order valence-electron chi connectivity index (χ3n) is 3.11. The van der Waals surface area contributed by atoms with Crippen LogP contribution in [0.2, 0.25) is 0 Å². The number of nitrogens with zero attached hydrogens (tertiary/aromatic N) is 2. The molecule has 0 aliphatic carbocycles. The lowest BCUT2D eigenvalue weighted by Crippen LogP contribution is -1.96. The number of aromatic amines is 1. The van der Waals surface area contributed by atoms with Crippen molar-refractivity contribution in [3.63, 3.8) is 0 Å². The average molecular weight is 285 g/mol. The van der Waals surface area contributed by atoms with Gasteiger partial charge in [0, 0.05) is 5.39 Å². The summed E-state index contributed by atoms with van der Waals surface area (Å²) in [7, 11) is 0. The molecule has 20 heavy (non-hydrogen) atoms. The predicted octanol–water partition coefficient (Wildman–Crippen LogP) is 3.87. The standard InChI is InChI=1S/C15H15N3OS/c1-2-8-19-12-6-7-13-11(9-12)4-3-5-14(13)18-10-16-17-15(18)20/h3-7,9-10H,2,8H2,1H3,(H,17,20). The van der Waals surface area contributed by atoms with Crippen molar-refractivity contribution >= 4 is 23.0 Å². The van der Waals surface area contributed by atoms with E-state index in [0.29, 0.717) is 4.77 Å². The molecule has 4 nitrogen and oxygen atoms in total. The Balaban J connectivity index is 2.11. The zero-order valence-electron chi connectivity index (χ0n) is 11.2. The van der Waals surface area contributed by atoms with E-state index in [1.807, 2.05) is 22.8 Å². The second kappa shape index (κ2) is 5.46. The van der Waals surface area contributed by atoms with Gasteiger partial charge < -0.3 is 4.74 Å². The van der Waals surface area contributed by atoms with Gasteiger partial charge in [0.25, 0.3) is 0 Å². The lowest BCUT2D eigenvalue weighted by Gasteiger charge is -2.09. The highest BCUT2D eigenvalue weighted by molar-refractivity contribution is 7.71. The molecular weight excluding hydrogens is 270 g/mol. The molecule has 1 aromatic heterocycles. The Morgan fingerprint density at radius 2 is 2.20 bits per heavy atom. The summed E-state index contributed by atoms with van der Waals surface area (Å²) in [6, 6.07) is 12.2. The molecule has 0 amide bonds. The van der Waals surface area contributed by atoms with Crippen molar-refractivity contribution in [3.05, 3.63) is 47.5 Å². The molecule has 0 bridgehead atoms. The van der Waals surface area contributed by atoms with Gasteiger partial charge in [-0.3, -0.25) is 9.67 Å². The maximum Gasteiger partial charge on any atom is 0.199 e. The SMILES string of the molecule is CCCOc1ccc2c(-n3cn[nH]c3=S)cccc2c1. The van der Waals surface area contributed by atoms with Gasteiger partial charge in [0.05, 0.1) is 12.3 Å². The van der Waals surface area contributed by atoms with Crippen molar-refractivity contribution in [2.75, 3.05) is 6.61 Å². The van der Waals surface area contributed by atoms with Crippen LogP contribution in [0.3, 0.4) is 0 Å². The van der Waals surface area contributed by atoms with Gasteiger partial charge in [-0.25, -0.2) is 0 Å². The number of ether oxygens (including phenoxy) is 1. The quantitative estimate of drug-likeness (QED) is 0.740. The first kappa shape index (κ1) is 12.9. The molecule has 0 radical (unpaired) electrons. The molecular formula is C15H15N3OS. The van der Waals surface area contributed by atoms with Gasteiger partial charge in [0.15, 0.2) is 4.77 Å². The third-order valence-corrected chi connectivity index (χ3v) is 3.40. The summed E-state index contributed by atoms with van der Waals surface area (Å²) < 4.78 is 8.12. The molecule has 0 saturated heterocycles. The fraction of sp³-hybridized carbons (Fsp3) is 0.200. The third kappa shape index (κ3) is 2.32. The normalized spacial score (nSPS) is 10.8. The summed E-state index contributed by atoms with van der Waals surface area (Å²) in [5, 5.41) is 8.99. The number of hydrogen-bond donors (Lipinski definition) is 1. The number of benzene rings is 2. The summed E-state index contributed by atoms with van der Waals surface area (Å²) in [5.74, 6) is 0.896. The number of fused-ring (bicyclic) bond motifs is 1. The van der Waals surface area contributed by atoms with Crippen molar-refractivity contribution in [2.24, 2.45) is 0 Å². The van der Waals surface area contributed by atoms with Crippen molar-refractivity contribution in [2.45, 2.75) is 13.3 Å². The minimum absolute atomic E-state index is 0.587. The van der Waals surface area contributed by atoms with E-state index in [-0.39, 0.29) is 0 Å². The molecule has 0 aliphatic rings. The van der Waals surface area contributed by atoms with Crippen LogP contribution in [0.25, 0.3) is 16.5 Å². The summed E-state index contributed by atoms with van der Waals surface area (Å²) in [5.41, 5.74) is 1.02. The van der Waals surface area contributed by atoms with Gasteiger partial charge in [-0.2, -0.15) is 5.10 Å². The predicted molar refractivity (Wildman–Crippen MR) is 82.0 cm³/mol. The zero-order valence-corrected chi connectivity index (χ0v) is 12.0. The van der Waals surface area contributed by atoms with E-state index in [1.54, 1.807) is 6.33 Å². The molecule has 102 valence electrons. The topological polar surface area (TPSA) is 42.8 Å². The molecule has 3 aromatic rings. The number of hydrogen-bond acceptors (Lipinski definition) is 3. The monoisotopic (exact) mass is 285 g/mol. The Morgan fingerprint density at radius 3 is 2.95 bits per heavy atom. The van der Waals surface area contributed by atoms with Gasteiger partial charge in [0.1, 0.15) is 12.1 Å². The highest BCUT2D eigenvalue weighted by Gasteiger charge is 2.05. The minimum Gasteiger partial charge on any atom is -0.494 e. The van der Waals surface area contributed by atoms with Crippen LogP contribution >= 0.6 is 12.2 Å². The summed E-state index contributed by atoms with van der Waals surface area (Å²) in [6.45, 7) is 2.83. The molecule has 5 heteroatoms. The largest absolute Gasteiger partial charge is 0.494 e. The van der Waals surface area contributed by atoms with Crippen LogP contribution in [-0.2, 0) is 0 Å². The molecule has 3 rings (SSSR count). The van der Waals surface area contributed by atoms with Crippen LogP contribution in [0.1, 0.15) is 13.3 Å². The van der Waals surface area contributed by atoms with Crippen molar-refractivity contribution in [1.82, 2.24) is 14.8 Å². The molecule has 0 spiro atoms. The van der Waals surface area contributed by atoms with Crippen LogP contribution in [0.15, 0.2) is 42.7 Å². The summed E-state index contributed by atoms with van der Waals surface area (Å²) in [6.07, 6.45) is 2.70. The van der Waals surface area contributed by atoms with Crippen LogP contribution in [0.4, 0.5) is 0 Å². The second-order valence-electron chi connectivity index (χ2n) is 4.54. The first-order chi connectivity index (χ1) is 9.79. The molecule has 2 aromatic carbocycles. The Labute approximate surface area is 122 Å². The molecule has 0 fully saturated rings. The number of aromatic nitrogens is 3. The van der Waals surface area contributed by atoms with E-state index < -0.39 is 0 Å². The molecule has 0 saturated carbocycles. The first-order valence-electron chi connectivity index (χ1n) is 6.57. The fourth-order valence-corrected chi connectivity index (χ4v) is 2.38. The Hall–Kier alpha value is -2.14. The van der Waals surface area contributed by atoms with Crippen molar-refractivity contribution in [3.8, 4) is 11.4 Å². The Morgan fingerprint density at radius 1 is 1.30 bits per heavy atom. The van der Waals surface area contributed by atoms with E-state index in [4.69, 9.17) is 17.0 Å². The van der Waals surface area contributed by atoms with E-state index in [1.165, 1.54) is 0 Å². The number of nitrogens with one attached hydrogen (secondary N) is 1. The molecule has 0 aliphatic heterocycles. The molecule has 1 heterocycles. The fourth-order valence-electron chi connectivity index (χ4n) is 2.18. The molecule has 0 atom stereocenters. The number of H-pyrrole nitrogens is 1. The van der Waals surface area contributed by atoms with Crippen molar-refractivity contribution < 1.29 is 4.74 Å². The van der Waals surface area contributed by atoms with E-state index >= 15 is 0 Å². The molecule has 0 unspecified atom stereocenters. The van der Waals surface area contributed by atoms with E-state index in [0.717, 1.165) is 35.2 Å². The maximum absolute atomic E-state index is 5.67. The summed E-state index contributed by atoms with van der Waals surface area (Å²) in [4.78, 5) is 0. The van der Waals surface area contributed by atoms with Crippen molar-refractivity contribution in [1.29, 1.82) is 0 Å². The zero-order chi connectivity index (χ0) is 13.9. The lowest BCUT2D eigenvalue weighted by molar-refractivity contribution is 0.318. The van der Waals surface area contributed by atoms with Gasteiger partial charge in [0.2, 0.25) is 0 Å². The highest BCUT2D eigenvalue weighted by Crippen LogP contribution is 2.26. The van der Waals surface area contributed by atoms with E-state index in [9.17, 15) is 0 Å². The smallest absolute Gasteiger partial charge is 0.199 e. The van der Waals surface area contributed by atoms with Gasteiger partial charge in [-0.15, -0.1) is 0 Å². The van der Waals surface area contributed by atoms with Crippen LogP contribution in [0, 0.1) is 4.77 Å². The van der Waals surface area contributed by atoms with Crippen LogP contribution in [-0.4, -0.2) is 21.4 Å². The van der Waals surface area contributed by atoms with Gasteiger partial charge in [-0.05, 0) is 48.3 Å². The van der Waals surface area contributed by atoms with Gasteiger partial charge in [-0.1, -0.05) is 19.1 Å².